The SMILES string of the molecule is CC(C)(C)C(OC(N)=O)[C@H](NC(=O)c1ccc(C#Cc2ccccc2)cc1)C(=O)NO. The summed E-state index contributed by atoms with van der Waals surface area (Å²) in [7, 11) is 0. The van der Waals surface area contributed by atoms with E-state index in [9.17, 15) is 14.4 Å². The number of hydrogen-bond acceptors (Lipinski definition) is 5. The Labute approximate surface area is 180 Å². The van der Waals surface area contributed by atoms with Crippen LogP contribution in [-0.2, 0) is 9.53 Å². The van der Waals surface area contributed by atoms with E-state index in [4.69, 9.17) is 15.7 Å². The number of amides is 3. The van der Waals surface area contributed by atoms with E-state index >= 15 is 0 Å². The maximum absolute atomic E-state index is 12.7. The Bertz CT molecular complexity index is 986. The Kier molecular flexibility index (Phi) is 7.77. The molecule has 31 heavy (non-hydrogen) atoms. The summed E-state index contributed by atoms with van der Waals surface area (Å²) in [5, 5.41) is 11.6. The van der Waals surface area contributed by atoms with Crippen molar-refractivity contribution >= 4 is 17.9 Å². The van der Waals surface area contributed by atoms with Crippen LogP contribution < -0.4 is 16.5 Å². The van der Waals surface area contributed by atoms with Crippen LogP contribution in [-0.4, -0.2) is 35.3 Å². The highest BCUT2D eigenvalue weighted by Crippen LogP contribution is 2.25. The molecule has 0 radical (unpaired) electrons. The molecule has 0 fully saturated rings. The normalized spacial score (nSPS) is 12.5. The maximum Gasteiger partial charge on any atom is 0.404 e. The molecule has 0 saturated carbocycles. The van der Waals surface area contributed by atoms with Crippen LogP contribution in [0.3, 0.4) is 0 Å². The lowest BCUT2D eigenvalue weighted by atomic mass is 9.84. The van der Waals surface area contributed by atoms with Crippen molar-refractivity contribution < 1.29 is 24.3 Å². The molecule has 0 heterocycles. The quantitative estimate of drug-likeness (QED) is 0.333. The van der Waals surface area contributed by atoms with Gasteiger partial charge in [-0.25, -0.2) is 10.3 Å². The first kappa shape index (κ1) is 23.4. The lowest BCUT2D eigenvalue weighted by molar-refractivity contribution is -0.136. The van der Waals surface area contributed by atoms with Crippen LogP contribution in [0.1, 0.15) is 42.3 Å². The smallest absolute Gasteiger partial charge is 0.404 e. The van der Waals surface area contributed by atoms with Crippen LogP contribution in [0, 0.1) is 17.3 Å². The number of hydroxylamine groups is 1. The average Bonchev–Trinajstić information content (AvgIpc) is 2.74. The standard InChI is InChI=1S/C23H25N3O5/c1-23(2,3)19(31-22(24)29)18(21(28)26-30)25-20(27)17-13-11-16(12-14-17)10-9-15-7-5-4-6-8-15/h4-8,11-14,18-19,30H,1-3H3,(H2,24,29)(H,25,27)(H,26,28)/t18-,19?/m0/s1. The number of hydrogen-bond donors (Lipinski definition) is 4. The highest BCUT2D eigenvalue weighted by atomic mass is 16.6. The third-order valence-electron chi connectivity index (χ3n) is 4.35. The van der Waals surface area contributed by atoms with Crippen molar-refractivity contribution in [2.45, 2.75) is 32.9 Å². The van der Waals surface area contributed by atoms with Crippen molar-refractivity contribution in [3.05, 3.63) is 71.3 Å². The second-order valence-electron chi connectivity index (χ2n) is 7.84. The van der Waals surface area contributed by atoms with Gasteiger partial charge in [0.05, 0.1) is 0 Å². The van der Waals surface area contributed by atoms with Crippen molar-refractivity contribution in [3.8, 4) is 11.8 Å². The number of carbonyl (C=O) groups is 3. The molecule has 5 N–H and O–H groups in total. The van der Waals surface area contributed by atoms with Gasteiger partial charge in [-0.2, -0.15) is 0 Å². The fourth-order valence-corrected chi connectivity index (χ4v) is 2.81. The molecule has 0 aliphatic carbocycles. The van der Waals surface area contributed by atoms with E-state index in [1.807, 2.05) is 30.3 Å². The Morgan fingerprint density at radius 2 is 1.52 bits per heavy atom. The molecule has 0 spiro atoms. The summed E-state index contributed by atoms with van der Waals surface area (Å²) >= 11 is 0. The van der Waals surface area contributed by atoms with Gasteiger partial charge in [0, 0.05) is 22.1 Å². The highest BCUT2D eigenvalue weighted by molar-refractivity contribution is 5.97. The first-order valence-corrected chi connectivity index (χ1v) is 9.50. The lowest BCUT2D eigenvalue weighted by Gasteiger charge is -2.35. The molecule has 0 aromatic heterocycles. The third-order valence-corrected chi connectivity index (χ3v) is 4.35. The monoisotopic (exact) mass is 423 g/mol. The molecule has 8 nitrogen and oxygen atoms in total. The molecular weight excluding hydrogens is 398 g/mol. The topological polar surface area (TPSA) is 131 Å². The lowest BCUT2D eigenvalue weighted by Crippen LogP contribution is -2.58. The molecule has 0 aliphatic rings. The van der Waals surface area contributed by atoms with Gasteiger partial charge in [0.1, 0.15) is 12.1 Å². The van der Waals surface area contributed by atoms with Crippen LogP contribution in [0.25, 0.3) is 0 Å². The van der Waals surface area contributed by atoms with E-state index in [0.29, 0.717) is 5.56 Å². The molecule has 0 aliphatic heterocycles. The fraction of sp³-hybridized carbons (Fsp3) is 0.261. The van der Waals surface area contributed by atoms with Gasteiger partial charge in [0.15, 0.2) is 0 Å². The van der Waals surface area contributed by atoms with Gasteiger partial charge >= 0.3 is 6.09 Å². The second-order valence-corrected chi connectivity index (χ2v) is 7.84. The van der Waals surface area contributed by atoms with E-state index < -0.39 is 35.5 Å². The largest absolute Gasteiger partial charge is 0.443 e. The van der Waals surface area contributed by atoms with Crippen LogP contribution >= 0.6 is 0 Å². The molecule has 3 amide bonds. The van der Waals surface area contributed by atoms with E-state index in [1.165, 1.54) is 5.48 Å². The summed E-state index contributed by atoms with van der Waals surface area (Å²) < 4.78 is 5.06. The van der Waals surface area contributed by atoms with Gasteiger partial charge in [-0.15, -0.1) is 0 Å². The molecule has 2 aromatic rings. The van der Waals surface area contributed by atoms with Gasteiger partial charge in [0.2, 0.25) is 0 Å². The highest BCUT2D eigenvalue weighted by Gasteiger charge is 2.40. The molecule has 2 aromatic carbocycles. The van der Waals surface area contributed by atoms with E-state index in [2.05, 4.69) is 17.2 Å². The molecule has 2 atom stereocenters. The van der Waals surface area contributed by atoms with Gasteiger partial charge in [-0.1, -0.05) is 50.8 Å². The minimum absolute atomic E-state index is 0.257. The van der Waals surface area contributed by atoms with E-state index in [1.54, 1.807) is 45.0 Å². The summed E-state index contributed by atoms with van der Waals surface area (Å²) in [4.78, 5) is 36.2. The molecule has 0 saturated heterocycles. The zero-order valence-electron chi connectivity index (χ0n) is 17.5. The minimum atomic E-state index is -1.37. The van der Waals surface area contributed by atoms with Crippen LogP contribution in [0.5, 0.6) is 0 Å². The van der Waals surface area contributed by atoms with Crippen molar-refractivity contribution in [1.29, 1.82) is 0 Å². The number of ether oxygens (including phenoxy) is 1. The predicted octanol–water partition coefficient (Wildman–Crippen LogP) is 2.20. The van der Waals surface area contributed by atoms with Gasteiger partial charge in [0.25, 0.3) is 11.8 Å². The second kappa shape index (κ2) is 10.3. The van der Waals surface area contributed by atoms with E-state index in [0.717, 1.165) is 5.56 Å². The van der Waals surface area contributed by atoms with E-state index in [-0.39, 0.29) is 5.56 Å². The summed E-state index contributed by atoms with van der Waals surface area (Å²) in [6.07, 6.45) is -2.23. The number of primary amides is 1. The third kappa shape index (κ3) is 6.87. The van der Waals surface area contributed by atoms with Crippen LogP contribution in [0.4, 0.5) is 4.79 Å². The summed E-state index contributed by atoms with van der Waals surface area (Å²) in [6, 6.07) is 14.6. The summed E-state index contributed by atoms with van der Waals surface area (Å²) in [5.41, 5.74) is 7.66. The number of nitrogens with one attached hydrogen (secondary N) is 2. The fourth-order valence-electron chi connectivity index (χ4n) is 2.81. The van der Waals surface area contributed by atoms with Crippen molar-refractivity contribution in [2.24, 2.45) is 11.1 Å². The molecule has 8 heteroatoms. The maximum atomic E-state index is 12.7. The first-order valence-electron chi connectivity index (χ1n) is 9.50. The average molecular weight is 423 g/mol. The molecular formula is C23H25N3O5. The van der Waals surface area contributed by atoms with Crippen molar-refractivity contribution in [3.63, 3.8) is 0 Å². The Morgan fingerprint density at radius 3 is 2.00 bits per heavy atom. The van der Waals surface area contributed by atoms with Gasteiger partial charge in [-0.05, 0) is 36.4 Å². The van der Waals surface area contributed by atoms with Gasteiger partial charge < -0.3 is 15.8 Å². The van der Waals surface area contributed by atoms with Crippen molar-refractivity contribution in [1.82, 2.24) is 10.8 Å². The zero-order chi connectivity index (χ0) is 23.0. The number of rotatable bonds is 5. The number of carbonyl (C=O) groups excluding carboxylic acids is 3. The molecule has 2 rings (SSSR count). The Balaban J connectivity index is 2.20. The van der Waals surface area contributed by atoms with Crippen LogP contribution in [0.2, 0.25) is 0 Å². The zero-order valence-corrected chi connectivity index (χ0v) is 17.5. The number of benzene rings is 2. The molecule has 162 valence electrons. The van der Waals surface area contributed by atoms with Gasteiger partial charge in [-0.3, -0.25) is 14.8 Å². The number of nitrogens with two attached hydrogens (primary N) is 1. The first-order chi connectivity index (χ1) is 14.6. The molecule has 1 unspecified atom stereocenters. The summed E-state index contributed by atoms with van der Waals surface area (Å²) in [6.45, 7) is 5.10. The van der Waals surface area contributed by atoms with Crippen molar-refractivity contribution in [2.75, 3.05) is 0 Å². The molecule has 0 bridgehead atoms. The van der Waals surface area contributed by atoms with Crippen LogP contribution in [0.15, 0.2) is 54.6 Å². The minimum Gasteiger partial charge on any atom is -0.443 e. The Hall–Kier alpha value is -3.83. The predicted molar refractivity (Wildman–Crippen MR) is 114 cm³/mol. The Morgan fingerprint density at radius 1 is 0.968 bits per heavy atom. The summed E-state index contributed by atoms with van der Waals surface area (Å²) in [5.74, 6) is 4.48.